The van der Waals surface area contributed by atoms with E-state index >= 15 is 0 Å². The Balaban J connectivity index is 1.69. The second-order valence-electron chi connectivity index (χ2n) is 6.80. The van der Waals surface area contributed by atoms with Gasteiger partial charge in [0, 0.05) is 35.9 Å². The highest BCUT2D eigenvalue weighted by Gasteiger charge is 2.35. The van der Waals surface area contributed by atoms with Gasteiger partial charge in [-0.2, -0.15) is 0 Å². The first kappa shape index (κ1) is 19.3. The fourth-order valence-electron chi connectivity index (χ4n) is 3.56. The van der Waals surface area contributed by atoms with Gasteiger partial charge in [0.15, 0.2) is 9.84 Å². The van der Waals surface area contributed by atoms with Crippen molar-refractivity contribution in [3.63, 3.8) is 0 Å². The van der Waals surface area contributed by atoms with Crippen LogP contribution < -0.4 is 0 Å². The summed E-state index contributed by atoms with van der Waals surface area (Å²) in [4.78, 5) is 7.19. The number of sulfone groups is 1. The van der Waals surface area contributed by atoms with Gasteiger partial charge in [-0.05, 0) is 28.8 Å². The van der Waals surface area contributed by atoms with Crippen molar-refractivity contribution in [2.45, 2.75) is 6.04 Å². The van der Waals surface area contributed by atoms with Gasteiger partial charge < -0.3 is 0 Å². The zero-order valence-corrected chi connectivity index (χ0v) is 17.6. The highest BCUT2D eigenvalue weighted by molar-refractivity contribution is 8.00. The minimum absolute atomic E-state index is 0.0161. The Morgan fingerprint density at radius 3 is 2.36 bits per heavy atom. The van der Waals surface area contributed by atoms with Gasteiger partial charge in [-0.25, -0.2) is 13.4 Å². The van der Waals surface area contributed by atoms with Gasteiger partial charge in [0.1, 0.15) is 5.01 Å². The van der Waals surface area contributed by atoms with Crippen LogP contribution in [0, 0.1) is 0 Å². The number of aromatic nitrogens is 1. The lowest BCUT2D eigenvalue weighted by atomic mass is 9.97. The molecule has 0 aliphatic carbocycles. The minimum Gasteiger partial charge on any atom is -0.282 e. The van der Waals surface area contributed by atoms with Gasteiger partial charge >= 0.3 is 0 Å². The van der Waals surface area contributed by atoms with Crippen molar-refractivity contribution in [1.82, 2.24) is 9.88 Å². The van der Waals surface area contributed by atoms with Crippen LogP contribution in [0.5, 0.6) is 0 Å². The lowest BCUT2D eigenvalue weighted by Gasteiger charge is -2.41. The molecule has 0 spiro atoms. The molecule has 0 N–H and O–H groups in total. The van der Waals surface area contributed by atoms with Gasteiger partial charge in [-0.15, -0.1) is 11.3 Å². The van der Waals surface area contributed by atoms with Gasteiger partial charge in [0.05, 0.1) is 10.9 Å². The SMILES string of the molecule is CS(=O)(=O)C(=C1CN([C@H](c2ccc(Cl)cc2)c2nccs2)C1)c1ccccc1. The summed E-state index contributed by atoms with van der Waals surface area (Å²) in [7, 11) is -3.33. The van der Waals surface area contributed by atoms with E-state index in [4.69, 9.17) is 11.6 Å². The van der Waals surface area contributed by atoms with E-state index in [2.05, 4.69) is 9.88 Å². The molecule has 1 saturated heterocycles. The van der Waals surface area contributed by atoms with Crippen molar-refractivity contribution in [3.8, 4) is 0 Å². The molecule has 0 saturated carbocycles. The van der Waals surface area contributed by atoms with E-state index in [-0.39, 0.29) is 6.04 Å². The zero-order chi connectivity index (χ0) is 19.7. The third-order valence-corrected chi connectivity index (χ3v) is 7.10. The van der Waals surface area contributed by atoms with Crippen LogP contribution in [-0.2, 0) is 9.84 Å². The Morgan fingerprint density at radius 1 is 1.11 bits per heavy atom. The Bertz CT molecular complexity index is 1090. The topological polar surface area (TPSA) is 50.3 Å². The largest absolute Gasteiger partial charge is 0.282 e. The van der Waals surface area contributed by atoms with E-state index < -0.39 is 9.84 Å². The third kappa shape index (κ3) is 3.91. The Hall–Kier alpha value is -1.99. The average Bonchev–Trinajstić information content (AvgIpc) is 3.15. The lowest BCUT2D eigenvalue weighted by molar-refractivity contribution is 0.203. The van der Waals surface area contributed by atoms with Crippen LogP contribution in [0.25, 0.3) is 4.91 Å². The number of thiazole rings is 1. The molecule has 1 aromatic heterocycles. The van der Waals surface area contributed by atoms with Crippen LogP contribution >= 0.6 is 22.9 Å². The van der Waals surface area contributed by atoms with Crippen molar-refractivity contribution in [3.05, 3.63) is 92.9 Å². The lowest BCUT2D eigenvalue weighted by Crippen LogP contribution is -2.44. The second-order valence-corrected chi connectivity index (χ2v) is 10.1. The van der Waals surface area contributed by atoms with Crippen molar-refractivity contribution in [2.75, 3.05) is 19.3 Å². The van der Waals surface area contributed by atoms with Crippen LogP contribution in [0.4, 0.5) is 0 Å². The fraction of sp³-hybridized carbons (Fsp3) is 0.190. The van der Waals surface area contributed by atoms with Crippen LogP contribution in [0.3, 0.4) is 0 Å². The number of nitrogens with zero attached hydrogens (tertiary/aromatic N) is 2. The first-order valence-corrected chi connectivity index (χ1v) is 11.9. The summed E-state index contributed by atoms with van der Waals surface area (Å²) >= 11 is 7.65. The van der Waals surface area contributed by atoms with Crippen molar-refractivity contribution < 1.29 is 8.42 Å². The normalized spacial score (nSPS) is 15.9. The molecule has 4 rings (SSSR count). The molecule has 7 heteroatoms. The Labute approximate surface area is 174 Å². The van der Waals surface area contributed by atoms with E-state index in [1.165, 1.54) is 6.26 Å². The number of likely N-dealkylation sites (tertiary alicyclic amines) is 1. The number of hydrogen-bond donors (Lipinski definition) is 0. The highest BCUT2D eigenvalue weighted by atomic mass is 35.5. The molecule has 0 bridgehead atoms. The summed E-state index contributed by atoms with van der Waals surface area (Å²) < 4.78 is 25.0. The Kier molecular flexibility index (Phi) is 5.38. The monoisotopic (exact) mass is 430 g/mol. The van der Waals surface area contributed by atoms with E-state index in [9.17, 15) is 8.42 Å². The van der Waals surface area contributed by atoms with Gasteiger partial charge in [0.2, 0.25) is 0 Å². The van der Waals surface area contributed by atoms with E-state index in [1.807, 2.05) is 60.0 Å². The van der Waals surface area contributed by atoms with Gasteiger partial charge in [0.25, 0.3) is 0 Å². The van der Waals surface area contributed by atoms with Crippen LogP contribution in [0.2, 0.25) is 5.02 Å². The predicted molar refractivity (Wildman–Crippen MR) is 115 cm³/mol. The number of benzene rings is 2. The zero-order valence-electron chi connectivity index (χ0n) is 15.2. The summed E-state index contributed by atoms with van der Waals surface area (Å²) in [5, 5.41) is 3.64. The first-order chi connectivity index (χ1) is 13.4. The second kappa shape index (κ2) is 7.79. The van der Waals surface area contributed by atoms with Crippen molar-refractivity contribution >= 4 is 37.7 Å². The number of halogens is 1. The summed E-state index contributed by atoms with van der Waals surface area (Å²) in [6, 6.07) is 17.1. The van der Waals surface area contributed by atoms with Crippen LogP contribution in [0.1, 0.15) is 22.2 Å². The number of hydrogen-bond acceptors (Lipinski definition) is 5. The third-order valence-electron chi connectivity index (χ3n) is 4.75. The molecule has 1 fully saturated rings. The molecule has 144 valence electrons. The van der Waals surface area contributed by atoms with Gasteiger partial charge in [-0.3, -0.25) is 4.90 Å². The molecule has 3 aromatic rings. The summed E-state index contributed by atoms with van der Waals surface area (Å²) in [5.41, 5.74) is 2.78. The molecule has 0 radical (unpaired) electrons. The molecule has 28 heavy (non-hydrogen) atoms. The van der Waals surface area contributed by atoms with E-state index in [0.29, 0.717) is 23.0 Å². The fourth-order valence-corrected chi connectivity index (χ4v) is 5.70. The molecule has 0 amide bonds. The molecular weight excluding hydrogens is 412 g/mol. The van der Waals surface area contributed by atoms with Gasteiger partial charge in [-0.1, -0.05) is 54.1 Å². The molecule has 2 aromatic carbocycles. The maximum Gasteiger partial charge on any atom is 0.176 e. The molecule has 1 aliphatic heterocycles. The smallest absolute Gasteiger partial charge is 0.176 e. The maximum atomic E-state index is 12.5. The summed E-state index contributed by atoms with van der Waals surface area (Å²) in [6.45, 7) is 1.17. The van der Waals surface area contributed by atoms with E-state index in [0.717, 1.165) is 21.7 Å². The summed E-state index contributed by atoms with van der Waals surface area (Å²) in [5.74, 6) is 0. The molecule has 0 unspecified atom stereocenters. The highest BCUT2D eigenvalue weighted by Crippen LogP contribution is 2.38. The van der Waals surface area contributed by atoms with Crippen molar-refractivity contribution in [1.29, 1.82) is 0 Å². The molecular formula is C21H19ClN2O2S2. The molecule has 1 aliphatic rings. The quantitative estimate of drug-likeness (QED) is 0.590. The summed E-state index contributed by atoms with van der Waals surface area (Å²) in [6.07, 6.45) is 3.08. The first-order valence-electron chi connectivity index (χ1n) is 8.80. The average molecular weight is 431 g/mol. The molecule has 2 heterocycles. The Morgan fingerprint density at radius 2 is 1.79 bits per heavy atom. The molecule has 1 atom stereocenters. The van der Waals surface area contributed by atoms with Crippen LogP contribution in [0.15, 0.2) is 71.7 Å². The molecule has 4 nitrogen and oxygen atoms in total. The minimum atomic E-state index is -3.33. The van der Waals surface area contributed by atoms with Crippen molar-refractivity contribution in [2.24, 2.45) is 0 Å². The number of rotatable bonds is 5. The van der Waals surface area contributed by atoms with E-state index in [1.54, 1.807) is 17.5 Å². The van der Waals surface area contributed by atoms with Crippen LogP contribution in [-0.4, -0.2) is 37.6 Å². The standard InChI is InChI=1S/C21H19ClN2O2S2/c1-28(25,26)20(16-5-3-2-4-6-16)17-13-24(14-17)19(21-23-11-12-27-21)15-7-9-18(22)10-8-15/h2-12,19H,13-14H2,1H3/t19-/m1/s1. The maximum absolute atomic E-state index is 12.5. The predicted octanol–water partition coefficient (Wildman–Crippen LogP) is 4.66.